The van der Waals surface area contributed by atoms with Crippen LogP contribution in [0, 0.1) is 5.92 Å². The van der Waals surface area contributed by atoms with Crippen molar-refractivity contribution in [3.05, 3.63) is 119 Å². The molecule has 0 aromatic heterocycles. The van der Waals surface area contributed by atoms with E-state index in [1.54, 1.807) is 12.6 Å². The smallest absolute Gasteiger partial charge is 0.315 e. The molecule has 0 N–H and O–H groups in total. The van der Waals surface area contributed by atoms with Gasteiger partial charge in [-0.15, -0.1) is 0 Å². The Bertz CT molecular complexity index is 1100. The molecule has 0 unspecified atom stereocenters. The maximum absolute atomic E-state index is 10.1. The predicted molar refractivity (Wildman–Crippen MR) is 181 cm³/mol. The molecule has 1 fully saturated rings. The van der Waals surface area contributed by atoms with Gasteiger partial charge in [-0.2, -0.15) is 12.6 Å². The fraction of sp³-hybridized carbons (Fsp3) is 0.447. The first-order valence-electron chi connectivity index (χ1n) is 16.0. The summed E-state index contributed by atoms with van der Waals surface area (Å²) in [6.07, 6.45) is 14.0. The number of benzene rings is 3. The van der Waals surface area contributed by atoms with Gasteiger partial charge in [-0.1, -0.05) is 123 Å². The highest BCUT2D eigenvalue weighted by molar-refractivity contribution is 7.81. The number of allylic oxidation sites excluding steroid dienone is 2. The van der Waals surface area contributed by atoms with E-state index in [0.717, 1.165) is 31.8 Å². The van der Waals surface area contributed by atoms with Gasteiger partial charge in [-0.25, -0.2) is 0 Å². The molecule has 3 aromatic rings. The molecule has 0 heterocycles. The number of ether oxygens (including phenoxy) is 1. The molecule has 0 spiro atoms. The first-order valence-corrected chi connectivity index (χ1v) is 16.6. The lowest BCUT2D eigenvalue weighted by Crippen LogP contribution is -2.30. The number of unbranched alkanes of at least 4 members (excludes halogenated alkanes) is 1. The molecule has 0 aliphatic heterocycles. The molecule has 0 amide bonds. The van der Waals surface area contributed by atoms with Crippen molar-refractivity contribution in [1.82, 2.24) is 4.90 Å². The summed E-state index contributed by atoms with van der Waals surface area (Å²) in [6.45, 7) is 6.79. The molecule has 42 heavy (non-hydrogen) atoms. The monoisotopic (exact) mass is 585 g/mol. The molecule has 226 valence electrons. The van der Waals surface area contributed by atoms with Gasteiger partial charge in [0.1, 0.15) is 0 Å². The number of carbonyl (C=O) groups is 1. The van der Waals surface area contributed by atoms with Crippen molar-refractivity contribution in [2.24, 2.45) is 5.92 Å². The lowest BCUT2D eigenvalue weighted by molar-refractivity contribution is -0.139. The van der Waals surface area contributed by atoms with Crippen LogP contribution in [0.3, 0.4) is 0 Å². The van der Waals surface area contributed by atoms with Crippen LogP contribution in [-0.2, 0) is 16.0 Å². The van der Waals surface area contributed by atoms with Crippen LogP contribution in [-0.4, -0.2) is 36.3 Å². The minimum absolute atomic E-state index is 0.174. The molecule has 0 atom stereocenters. The topological polar surface area (TPSA) is 29.5 Å². The molecular formula is C38H51NO2S. The van der Waals surface area contributed by atoms with Crippen LogP contribution in [0.15, 0.2) is 103 Å². The first-order chi connectivity index (χ1) is 20.7. The van der Waals surface area contributed by atoms with E-state index in [9.17, 15) is 4.79 Å². The Morgan fingerprint density at radius 1 is 0.881 bits per heavy atom. The third-order valence-electron chi connectivity index (χ3n) is 8.04. The normalized spacial score (nSPS) is 13.5. The standard InChI is InChI=1S/C34H43N.C4H8O2S/c1-2-3-25-34(32-23-13-14-24-32)35(27-15-18-29-16-7-4-8-17-29)28-26-33(30-19-9-5-10-20-30)31-21-11-6-12-22-31;1-2-6-4(5)3-7/h4-12,16-17,19-22,25,32-33H,2-3,13-15,18,23-24,26-28H2,1H3;7H,2-3H2,1H3. The summed E-state index contributed by atoms with van der Waals surface area (Å²) < 4.78 is 4.48. The molecule has 0 saturated heterocycles. The van der Waals surface area contributed by atoms with E-state index < -0.39 is 0 Å². The number of rotatable bonds is 15. The summed E-state index contributed by atoms with van der Waals surface area (Å²) in [5.74, 6) is 1.11. The molecular weight excluding hydrogens is 534 g/mol. The third kappa shape index (κ3) is 11.7. The number of aryl methyl sites for hydroxylation is 1. The molecule has 1 saturated carbocycles. The van der Waals surface area contributed by atoms with Crippen molar-refractivity contribution < 1.29 is 9.53 Å². The second-order valence-electron chi connectivity index (χ2n) is 11.1. The average Bonchev–Trinajstić information content (AvgIpc) is 3.58. The van der Waals surface area contributed by atoms with E-state index in [1.807, 2.05) is 0 Å². The highest BCUT2D eigenvalue weighted by Crippen LogP contribution is 2.35. The summed E-state index contributed by atoms with van der Waals surface area (Å²) in [5.41, 5.74) is 5.97. The zero-order valence-electron chi connectivity index (χ0n) is 25.8. The highest BCUT2D eigenvalue weighted by atomic mass is 32.1. The number of hydrogen-bond acceptors (Lipinski definition) is 4. The van der Waals surface area contributed by atoms with Crippen molar-refractivity contribution in [3.8, 4) is 0 Å². The lowest BCUT2D eigenvalue weighted by atomic mass is 9.88. The van der Waals surface area contributed by atoms with Crippen molar-refractivity contribution in [1.29, 1.82) is 0 Å². The molecule has 0 radical (unpaired) electrons. The van der Waals surface area contributed by atoms with Crippen LogP contribution in [0.4, 0.5) is 0 Å². The molecule has 0 bridgehead atoms. The van der Waals surface area contributed by atoms with Gasteiger partial charge in [0.2, 0.25) is 0 Å². The Balaban J connectivity index is 0.000000616. The first kappa shape index (κ1) is 33.5. The molecule has 4 rings (SSSR count). The summed E-state index contributed by atoms with van der Waals surface area (Å²) in [4.78, 5) is 12.9. The van der Waals surface area contributed by atoms with Gasteiger partial charge in [0.15, 0.2) is 0 Å². The number of thiol groups is 1. The van der Waals surface area contributed by atoms with Gasteiger partial charge in [-0.05, 0) is 68.1 Å². The van der Waals surface area contributed by atoms with Gasteiger partial charge in [0, 0.05) is 24.7 Å². The van der Waals surface area contributed by atoms with E-state index in [-0.39, 0.29) is 11.7 Å². The fourth-order valence-corrected chi connectivity index (χ4v) is 6.04. The fourth-order valence-electron chi connectivity index (χ4n) is 5.94. The van der Waals surface area contributed by atoms with Crippen LogP contribution in [0.2, 0.25) is 0 Å². The van der Waals surface area contributed by atoms with E-state index in [0.29, 0.717) is 12.5 Å². The molecule has 1 aliphatic rings. The summed E-state index contributed by atoms with van der Waals surface area (Å²) in [7, 11) is 0. The van der Waals surface area contributed by atoms with Crippen LogP contribution >= 0.6 is 12.6 Å². The lowest BCUT2D eigenvalue weighted by Gasteiger charge is -2.33. The molecule has 1 aliphatic carbocycles. The van der Waals surface area contributed by atoms with E-state index in [4.69, 9.17) is 0 Å². The van der Waals surface area contributed by atoms with Gasteiger partial charge >= 0.3 is 5.97 Å². The summed E-state index contributed by atoms with van der Waals surface area (Å²) in [6, 6.07) is 33.3. The van der Waals surface area contributed by atoms with Crippen molar-refractivity contribution in [3.63, 3.8) is 0 Å². The molecule has 4 heteroatoms. The second-order valence-corrected chi connectivity index (χ2v) is 11.4. The van der Waals surface area contributed by atoms with Gasteiger partial charge in [0.25, 0.3) is 0 Å². The van der Waals surface area contributed by atoms with E-state index in [2.05, 4.69) is 126 Å². The largest absolute Gasteiger partial charge is 0.465 e. The second kappa shape index (κ2) is 20.0. The Morgan fingerprint density at radius 2 is 1.45 bits per heavy atom. The Morgan fingerprint density at radius 3 is 1.95 bits per heavy atom. The zero-order chi connectivity index (χ0) is 29.8. The molecule has 3 aromatic carbocycles. The number of esters is 1. The Hall–Kier alpha value is -2.98. The van der Waals surface area contributed by atoms with E-state index in [1.165, 1.54) is 61.6 Å². The zero-order valence-corrected chi connectivity index (χ0v) is 26.7. The quantitative estimate of drug-likeness (QED) is 0.142. The van der Waals surface area contributed by atoms with Crippen molar-refractivity contribution >= 4 is 18.6 Å². The number of hydrogen-bond donors (Lipinski definition) is 1. The SMILES string of the molecule is CCCC=C(C1CCCC1)N(CCCc1ccccc1)CCC(c1ccccc1)c1ccccc1.CCOC(=O)CS. The summed E-state index contributed by atoms with van der Waals surface area (Å²) in [5, 5.41) is 0. The van der Waals surface area contributed by atoms with Crippen LogP contribution < -0.4 is 0 Å². The maximum Gasteiger partial charge on any atom is 0.315 e. The van der Waals surface area contributed by atoms with Gasteiger partial charge < -0.3 is 9.64 Å². The third-order valence-corrected chi connectivity index (χ3v) is 8.30. The minimum atomic E-state index is -0.258. The Labute approximate surface area is 260 Å². The van der Waals surface area contributed by atoms with Crippen LogP contribution in [0.25, 0.3) is 0 Å². The maximum atomic E-state index is 10.1. The minimum Gasteiger partial charge on any atom is -0.465 e. The number of carbonyl (C=O) groups excluding carboxylic acids is 1. The van der Waals surface area contributed by atoms with Gasteiger partial charge in [0.05, 0.1) is 12.4 Å². The van der Waals surface area contributed by atoms with Crippen LogP contribution in [0.5, 0.6) is 0 Å². The number of nitrogens with zero attached hydrogens (tertiary/aromatic N) is 1. The van der Waals surface area contributed by atoms with Crippen LogP contribution in [0.1, 0.15) is 87.8 Å². The van der Waals surface area contributed by atoms with Crippen molar-refractivity contribution in [2.75, 3.05) is 25.4 Å². The van der Waals surface area contributed by atoms with Crippen molar-refractivity contribution in [2.45, 2.75) is 77.6 Å². The molecule has 3 nitrogen and oxygen atoms in total. The predicted octanol–water partition coefficient (Wildman–Crippen LogP) is 9.50. The van der Waals surface area contributed by atoms with Gasteiger partial charge in [-0.3, -0.25) is 4.79 Å². The highest BCUT2D eigenvalue weighted by Gasteiger charge is 2.24. The Kier molecular flexibility index (Phi) is 16.0. The average molecular weight is 586 g/mol. The van der Waals surface area contributed by atoms with E-state index >= 15 is 0 Å². The summed E-state index contributed by atoms with van der Waals surface area (Å²) >= 11 is 3.67.